The highest BCUT2D eigenvalue weighted by molar-refractivity contribution is 7.89. The third kappa shape index (κ3) is 3.97. The first-order valence-electron chi connectivity index (χ1n) is 7.69. The van der Waals surface area contributed by atoms with Crippen LogP contribution in [0.5, 0.6) is 0 Å². The van der Waals surface area contributed by atoms with Crippen molar-refractivity contribution in [2.75, 3.05) is 19.6 Å². The summed E-state index contributed by atoms with van der Waals surface area (Å²) in [4.78, 5) is 3.00. The van der Waals surface area contributed by atoms with Gasteiger partial charge in [0.1, 0.15) is 10.7 Å². The van der Waals surface area contributed by atoms with E-state index in [0.717, 1.165) is 36.9 Å². The molecule has 0 spiro atoms. The van der Waals surface area contributed by atoms with Crippen molar-refractivity contribution in [3.05, 3.63) is 51.4 Å². The third-order valence-electron chi connectivity index (χ3n) is 4.10. The van der Waals surface area contributed by atoms with Gasteiger partial charge in [0, 0.05) is 16.4 Å². The third-order valence-corrected chi connectivity index (χ3v) is 6.77. The Hall–Kier alpha value is -0.990. The molecule has 1 aliphatic rings. The second-order valence-electron chi connectivity index (χ2n) is 5.70. The number of nitrogens with zero attached hydrogens (tertiary/aromatic N) is 1. The van der Waals surface area contributed by atoms with Crippen molar-refractivity contribution in [3.63, 3.8) is 0 Å². The number of rotatable bonds is 6. The van der Waals surface area contributed by atoms with E-state index in [-0.39, 0.29) is 22.5 Å². The standard InChI is InChI=1S/C16H18ClFN2O2S2/c17-12-5-6-16(13(18)10-12)24(21,22)19-11-14(15-4-3-9-23-15)20-7-1-2-8-20/h3-6,9-10,14,19H,1-2,7-8,11H2. The summed E-state index contributed by atoms with van der Waals surface area (Å²) in [6, 6.07) is 7.50. The monoisotopic (exact) mass is 388 g/mol. The number of halogens is 2. The second-order valence-corrected chi connectivity index (χ2v) is 8.85. The smallest absolute Gasteiger partial charge is 0.243 e. The Morgan fingerprint density at radius 1 is 1.29 bits per heavy atom. The lowest BCUT2D eigenvalue weighted by molar-refractivity contribution is 0.250. The summed E-state index contributed by atoms with van der Waals surface area (Å²) in [5.74, 6) is -0.844. The Kier molecular flexibility index (Phi) is 5.56. The van der Waals surface area contributed by atoms with Gasteiger partial charge in [-0.05, 0) is 55.6 Å². The highest BCUT2D eigenvalue weighted by Crippen LogP contribution is 2.28. The van der Waals surface area contributed by atoms with E-state index in [1.54, 1.807) is 11.3 Å². The summed E-state index contributed by atoms with van der Waals surface area (Å²) in [6.07, 6.45) is 2.22. The molecule has 1 aliphatic heterocycles. The average Bonchev–Trinajstić information content (AvgIpc) is 3.20. The van der Waals surface area contributed by atoms with Crippen LogP contribution in [-0.2, 0) is 10.0 Å². The van der Waals surface area contributed by atoms with Crippen LogP contribution in [0.2, 0.25) is 5.02 Å². The predicted octanol–water partition coefficient (Wildman–Crippen LogP) is 3.66. The molecule has 1 aromatic heterocycles. The molecule has 1 N–H and O–H groups in total. The van der Waals surface area contributed by atoms with Crippen LogP contribution in [0.1, 0.15) is 23.8 Å². The van der Waals surface area contributed by atoms with Crippen molar-refractivity contribution in [1.29, 1.82) is 0 Å². The predicted molar refractivity (Wildman–Crippen MR) is 94.5 cm³/mol. The van der Waals surface area contributed by atoms with Crippen molar-refractivity contribution >= 4 is 33.0 Å². The van der Waals surface area contributed by atoms with E-state index in [1.807, 2.05) is 17.5 Å². The molecule has 24 heavy (non-hydrogen) atoms. The average molecular weight is 389 g/mol. The number of sulfonamides is 1. The van der Waals surface area contributed by atoms with E-state index in [0.29, 0.717) is 0 Å². The SMILES string of the molecule is O=S(=O)(NCC(c1cccs1)N1CCCC1)c1ccc(Cl)cc1F. The largest absolute Gasteiger partial charge is 0.294 e. The van der Waals surface area contributed by atoms with Gasteiger partial charge in [-0.15, -0.1) is 11.3 Å². The number of hydrogen-bond acceptors (Lipinski definition) is 4. The minimum Gasteiger partial charge on any atom is -0.294 e. The highest BCUT2D eigenvalue weighted by atomic mass is 35.5. The van der Waals surface area contributed by atoms with Crippen LogP contribution in [0.3, 0.4) is 0 Å². The van der Waals surface area contributed by atoms with Crippen LogP contribution in [0.15, 0.2) is 40.6 Å². The van der Waals surface area contributed by atoms with Crippen molar-refractivity contribution in [2.24, 2.45) is 0 Å². The van der Waals surface area contributed by atoms with Crippen molar-refractivity contribution in [3.8, 4) is 0 Å². The first kappa shape index (κ1) is 17.8. The van der Waals surface area contributed by atoms with Gasteiger partial charge in [0.25, 0.3) is 0 Å². The van der Waals surface area contributed by atoms with Crippen LogP contribution in [-0.4, -0.2) is 33.0 Å². The van der Waals surface area contributed by atoms with E-state index in [4.69, 9.17) is 11.6 Å². The minimum atomic E-state index is -3.93. The Labute approximate surface area is 150 Å². The summed E-state index contributed by atoms with van der Waals surface area (Å²) in [7, 11) is -3.93. The van der Waals surface area contributed by atoms with Gasteiger partial charge in [-0.25, -0.2) is 17.5 Å². The highest BCUT2D eigenvalue weighted by Gasteiger charge is 2.27. The Balaban J connectivity index is 1.78. The zero-order valence-corrected chi connectivity index (χ0v) is 15.3. The van der Waals surface area contributed by atoms with Gasteiger partial charge >= 0.3 is 0 Å². The molecule has 1 unspecified atom stereocenters. The number of likely N-dealkylation sites (tertiary alicyclic amines) is 1. The molecule has 1 atom stereocenters. The van der Waals surface area contributed by atoms with Crippen LogP contribution >= 0.6 is 22.9 Å². The first-order chi connectivity index (χ1) is 11.5. The molecular weight excluding hydrogens is 371 g/mol. The van der Waals surface area contributed by atoms with Crippen LogP contribution in [0.25, 0.3) is 0 Å². The van der Waals surface area contributed by atoms with Gasteiger partial charge in [-0.3, -0.25) is 4.90 Å². The fourth-order valence-electron chi connectivity index (χ4n) is 2.90. The molecule has 3 rings (SSSR count). The molecule has 1 fully saturated rings. The maximum atomic E-state index is 13.9. The fourth-order valence-corrected chi connectivity index (χ4v) is 5.02. The molecule has 0 aliphatic carbocycles. The zero-order chi connectivity index (χ0) is 17.2. The maximum Gasteiger partial charge on any atom is 0.243 e. The molecule has 130 valence electrons. The molecule has 0 radical (unpaired) electrons. The summed E-state index contributed by atoms with van der Waals surface area (Å²) in [5.41, 5.74) is 0. The van der Waals surface area contributed by atoms with E-state index >= 15 is 0 Å². The van der Waals surface area contributed by atoms with Gasteiger partial charge in [-0.2, -0.15) is 0 Å². The molecule has 0 bridgehead atoms. The lowest BCUT2D eigenvalue weighted by atomic mass is 10.2. The molecule has 0 saturated carbocycles. The van der Waals surface area contributed by atoms with Gasteiger partial charge in [0.05, 0.1) is 6.04 Å². The van der Waals surface area contributed by atoms with Crippen LogP contribution in [0, 0.1) is 5.82 Å². The summed E-state index contributed by atoms with van der Waals surface area (Å²) in [5, 5.41) is 2.14. The van der Waals surface area contributed by atoms with E-state index in [1.165, 1.54) is 12.1 Å². The molecule has 2 aromatic rings. The number of hydrogen-bond donors (Lipinski definition) is 1. The zero-order valence-electron chi connectivity index (χ0n) is 12.9. The molecule has 0 amide bonds. The Morgan fingerprint density at radius 2 is 2.04 bits per heavy atom. The van der Waals surface area contributed by atoms with E-state index < -0.39 is 15.8 Å². The van der Waals surface area contributed by atoms with Crippen LogP contribution in [0.4, 0.5) is 4.39 Å². The molecule has 8 heteroatoms. The van der Waals surface area contributed by atoms with E-state index in [2.05, 4.69) is 9.62 Å². The summed E-state index contributed by atoms with van der Waals surface area (Å²) in [6.45, 7) is 2.10. The minimum absolute atomic E-state index is 0.0300. The van der Waals surface area contributed by atoms with Gasteiger partial charge < -0.3 is 0 Å². The van der Waals surface area contributed by atoms with Crippen LogP contribution < -0.4 is 4.72 Å². The molecular formula is C16H18ClFN2O2S2. The molecule has 1 saturated heterocycles. The van der Waals surface area contributed by atoms with Gasteiger partial charge in [-0.1, -0.05) is 17.7 Å². The maximum absolute atomic E-state index is 13.9. The second kappa shape index (κ2) is 7.49. The number of benzene rings is 1. The number of thiophene rings is 1. The quantitative estimate of drug-likeness (QED) is 0.821. The Bertz CT molecular complexity index is 790. The van der Waals surface area contributed by atoms with Crippen molar-refractivity contribution < 1.29 is 12.8 Å². The summed E-state index contributed by atoms with van der Waals surface area (Å²) >= 11 is 7.29. The lowest BCUT2D eigenvalue weighted by Crippen LogP contribution is -2.36. The molecule has 1 aromatic carbocycles. The van der Waals surface area contributed by atoms with Crippen molar-refractivity contribution in [1.82, 2.24) is 9.62 Å². The first-order valence-corrected chi connectivity index (χ1v) is 10.4. The lowest BCUT2D eigenvalue weighted by Gasteiger charge is -2.26. The summed E-state index contributed by atoms with van der Waals surface area (Å²) < 4.78 is 41.4. The Morgan fingerprint density at radius 3 is 2.67 bits per heavy atom. The van der Waals surface area contributed by atoms with Gasteiger partial charge in [0.15, 0.2) is 0 Å². The van der Waals surface area contributed by atoms with Crippen molar-refractivity contribution in [2.45, 2.75) is 23.8 Å². The normalized spacial score (nSPS) is 17.2. The number of nitrogens with one attached hydrogen (secondary N) is 1. The molecule has 4 nitrogen and oxygen atoms in total. The van der Waals surface area contributed by atoms with E-state index in [9.17, 15) is 12.8 Å². The topological polar surface area (TPSA) is 49.4 Å². The fraction of sp³-hybridized carbons (Fsp3) is 0.375. The molecule has 2 heterocycles. The van der Waals surface area contributed by atoms with Gasteiger partial charge in [0.2, 0.25) is 10.0 Å².